The number of halogens is 1. The molecule has 172 valence electrons. The molecule has 33 heavy (non-hydrogen) atoms. The normalized spacial score (nSPS) is 14.8. The third-order valence-corrected chi connectivity index (χ3v) is 6.02. The smallest absolute Gasteiger partial charge is 0.251 e. The summed E-state index contributed by atoms with van der Waals surface area (Å²) in [6, 6.07) is 13.1. The van der Waals surface area contributed by atoms with Gasteiger partial charge >= 0.3 is 0 Å². The second-order valence-electron chi connectivity index (χ2n) is 8.36. The van der Waals surface area contributed by atoms with E-state index in [9.17, 15) is 14.0 Å². The highest BCUT2D eigenvalue weighted by molar-refractivity contribution is 5.94. The first-order valence-electron chi connectivity index (χ1n) is 11.0. The number of nitrogens with two attached hydrogens (primary N) is 1. The second kappa shape index (κ2) is 9.95. The first kappa shape index (κ1) is 22.7. The molecule has 1 aromatic heterocycles. The fraction of sp³-hybridized carbons (Fsp3) is 0.320. The summed E-state index contributed by atoms with van der Waals surface area (Å²) in [5.41, 5.74) is 8.40. The lowest BCUT2D eigenvalue weighted by molar-refractivity contribution is -0.123. The van der Waals surface area contributed by atoms with Crippen molar-refractivity contribution in [1.29, 1.82) is 0 Å². The van der Waals surface area contributed by atoms with Crippen molar-refractivity contribution in [3.8, 4) is 11.5 Å². The average Bonchev–Trinajstić information content (AvgIpc) is 3.19. The largest absolute Gasteiger partial charge is 0.441 e. The van der Waals surface area contributed by atoms with Gasteiger partial charge in [-0.25, -0.2) is 9.37 Å². The molecule has 0 spiro atoms. The number of hydrogen-bond donors (Lipinski definition) is 2. The van der Waals surface area contributed by atoms with E-state index in [4.69, 9.17) is 10.2 Å². The Kier molecular flexibility index (Phi) is 6.84. The third kappa shape index (κ3) is 5.64. The van der Waals surface area contributed by atoms with Crippen LogP contribution in [0.2, 0.25) is 0 Å². The third-order valence-electron chi connectivity index (χ3n) is 6.02. The molecule has 3 aromatic rings. The van der Waals surface area contributed by atoms with Crippen LogP contribution < -0.4 is 11.1 Å². The molecule has 2 aromatic carbocycles. The number of piperidine rings is 1. The summed E-state index contributed by atoms with van der Waals surface area (Å²) in [5.74, 6) is 0.479. The van der Waals surface area contributed by atoms with E-state index in [-0.39, 0.29) is 23.5 Å². The van der Waals surface area contributed by atoms with Crippen LogP contribution >= 0.6 is 0 Å². The van der Waals surface area contributed by atoms with Crippen molar-refractivity contribution in [3.63, 3.8) is 0 Å². The maximum Gasteiger partial charge on any atom is 0.251 e. The fourth-order valence-corrected chi connectivity index (χ4v) is 3.94. The number of hydrogen-bond acceptors (Lipinski definition) is 5. The molecule has 3 N–H and O–H groups in total. The summed E-state index contributed by atoms with van der Waals surface area (Å²) < 4.78 is 18.9. The summed E-state index contributed by atoms with van der Waals surface area (Å²) in [7, 11) is 0. The van der Waals surface area contributed by atoms with Gasteiger partial charge in [-0.3, -0.25) is 14.5 Å². The summed E-state index contributed by atoms with van der Waals surface area (Å²) >= 11 is 0. The SMILES string of the molecule is Cc1oc(-c2ccc(C(=O)NCc3ccc(F)cc3)cc2)nc1CN1CCC(C(N)=O)CC1. The highest BCUT2D eigenvalue weighted by atomic mass is 19.1. The quantitative estimate of drug-likeness (QED) is 0.574. The van der Waals surface area contributed by atoms with E-state index in [0.29, 0.717) is 24.5 Å². The molecule has 0 atom stereocenters. The molecule has 1 aliphatic heterocycles. The number of amides is 2. The number of rotatable bonds is 7. The average molecular weight is 451 g/mol. The lowest BCUT2D eigenvalue weighted by Crippen LogP contribution is -2.38. The van der Waals surface area contributed by atoms with Crippen molar-refractivity contribution >= 4 is 11.8 Å². The Hall–Kier alpha value is -3.52. The van der Waals surface area contributed by atoms with Gasteiger partial charge in [-0.05, 0) is 74.8 Å². The van der Waals surface area contributed by atoms with E-state index < -0.39 is 0 Å². The van der Waals surface area contributed by atoms with E-state index in [2.05, 4.69) is 15.2 Å². The first-order valence-corrected chi connectivity index (χ1v) is 11.0. The van der Waals surface area contributed by atoms with Gasteiger partial charge in [0.15, 0.2) is 0 Å². The van der Waals surface area contributed by atoms with Gasteiger partial charge in [-0.2, -0.15) is 0 Å². The van der Waals surface area contributed by atoms with Crippen molar-refractivity contribution in [3.05, 3.63) is 76.9 Å². The van der Waals surface area contributed by atoms with E-state index >= 15 is 0 Å². The summed E-state index contributed by atoms with van der Waals surface area (Å²) in [4.78, 5) is 30.7. The van der Waals surface area contributed by atoms with Gasteiger partial charge < -0.3 is 15.5 Å². The van der Waals surface area contributed by atoms with Crippen molar-refractivity contribution in [1.82, 2.24) is 15.2 Å². The van der Waals surface area contributed by atoms with E-state index in [1.165, 1.54) is 12.1 Å². The number of nitrogens with zero attached hydrogens (tertiary/aromatic N) is 2. The van der Waals surface area contributed by atoms with Crippen molar-refractivity contribution in [2.75, 3.05) is 13.1 Å². The molecule has 0 radical (unpaired) electrons. The Morgan fingerprint density at radius 2 is 1.79 bits per heavy atom. The first-order chi connectivity index (χ1) is 15.9. The summed E-state index contributed by atoms with van der Waals surface area (Å²) in [6.45, 7) is 4.47. The molecule has 2 heterocycles. The topological polar surface area (TPSA) is 101 Å². The second-order valence-corrected chi connectivity index (χ2v) is 8.36. The number of aryl methyl sites for hydroxylation is 1. The Balaban J connectivity index is 1.35. The van der Waals surface area contributed by atoms with Gasteiger partial charge in [0, 0.05) is 30.1 Å². The number of primary amides is 1. The van der Waals surface area contributed by atoms with Crippen LogP contribution in [0.15, 0.2) is 52.9 Å². The monoisotopic (exact) mass is 450 g/mol. The van der Waals surface area contributed by atoms with Crippen LogP contribution in [0.5, 0.6) is 0 Å². The minimum Gasteiger partial charge on any atom is -0.441 e. The molecule has 1 fully saturated rings. The molecular formula is C25H27FN4O3. The van der Waals surface area contributed by atoms with E-state index in [0.717, 1.165) is 48.5 Å². The molecular weight excluding hydrogens is 423 g/mol. The molecule has 1 saturated heterocycles. The summed E-state index contributed by atoms with van der Waals surface area (Å²) in [6.07, 6.45) is 1.54. The zero-order valence-electron chi connectivity index (χ0n) is 18.5. The fourth-order valence-electron chi connectivity index (χ4n) is 3.94. The number of benzene rings is 2. The number of aromatic nitrogens is 1. The van der Waals surface area contributed by atoms with Gasteiger partial charge in [0.25, 0.3) is 5.91 Å². The number of carbonyl (C=O) groups excluding carboxylic acids is 2. The van der Waals surface area contributed by atoms with Crippen LogP contribution in [-0.2, 0) is 17.9 Å². The molecule has 0 aliphatic carbocycles. The van der Waals surface area contributed by atoms with Crippen molar-refractivity contribution in [2.45, 2.75) is 32.9 Å². The van der Waals surface area contributed by atoms with Crippen LogP contribution in [0, 0.1) is 18.7 Å². The minimum absolute atomic E-state index is 0.0402. The minimum atomic E-state index is -0.307. The Bertz CT molecular complexity index is 1120. The van der Waals surface area contributed by atoms with Crippen LogP contribution in [0.1, 0.15) is 40.2 Å². The van der Waals surface area contributed by atoms with Crippen LogP contribution in [0.4, 0.5) is 4.39 Å². The Morgan fingerprint density at radius 1 is 1.12 bits per heavy atom. The van der Waals surface area contributed by atoms with Crippen molar-refractivity contribution < 1.29 is 18.4 Å². The van der Waals surface area contributed by atoms with Crippen LogP contribution in [-0.4, -0.2) is 34.8 Å². The van der Waals surface area contributed by atoms with E-state index in [1.807, 2.05) is 6.92 Å². The number of likely N-dealkylation sites (tertiary alicyclic amines) is 1. The molecule has 8 heteroatoms. The van der Waals surface area contributed by atoms with Crippen molar-refractivity contribution in [2.24, 2.45) is 11.7 Å². The molecule has 0 unspecified atom stereocenters. The molecule has 2 amide bonds. The molecule has 0 saturated carbocycles. The zero-order valence-corrected chi connectivity index (χ0v) is 18.5. The molecule has 4 rings (SSSR count). The maximum atomic E-state index is 13.0. The summed E-state index contributed by atoms with van der Waals surface area (Å²) in [5, 5.41) is 2.83. The van der Waals surface area contributed by atoms with Gasteiger partial charge in [-0.1, -0.05) is 12.1 Å². The van der Waals surface area contributed by atoms with E-state index in [1.54, 1.807) is 36.4 Å². The molecule has 1 aliphatic rings. The highest BCUT2D eigenvalue weighted by Crippen LogP contribution is 2.25. The Morgan fingerprint density at radius 3 is 2.42 bits per heavy atom. The zero-order chi connectivity index (χ0) is 23.4. The van der Waals surface area contributed by atoms with Gasteiger partial charge in [0.05, 0.1) is 5.69 Å². The van der Waals surface area contributed by atoms with Gasteiger partial charge in [-0.15, -0.1) is 0 Å². The van der Waals surface area contributed by atoms with Crippen LogP contribution in [0.3, 0.4) is 0 Å². The maximum absolute atomic E-state index is 13.0. The predicted molar refractivity (Wildman–Crippen MR) is 121 cm³/mol. The Labute approximate surface area is 191 Å². The lowest BCUT2D eigenvalue weighted by Gasteiger charge is -2.29. The number of nitrogens with one attached hydrogen (secondary N) is 1. The number of oxazole rings is 1. The number of carbonyl (C=O) groups is 2. The lowest BCUT2D eigenvalue weighted by atomic mass is 9.96. The van der Waals surface area contributed by atoms with Gasteiger partial charge in [0.1, 0.15) is 11.6 Å². The van der Waals surface area contributed by atoms with Crippen LogP contribution in [0.25, 0.3) is 11.5 Å². The molecule has 7 nitrogen and oxygen atoms in total. The predicted octanol–water partition coefficient (Wildman–Crippen LogP) is 3.42. The molecule has 0 bridgehead atoms. The standard InChI is InChI=1S/C25H27FN4O3/c1-16-22(15-30-12-10-18(11-13-30)23(27)31)29-25(33-16)20-6-4-19(5-7-20)24(32)28-14-17-2-8-21(26)9-3-17/h2-9,18H,10-15H2,1H3,(H2,27,31)(H,28,32). The highest BCUT2D eigenvalue weighted by Gasteiger charge is 2.24. The van der Waals surface area contributed by atoms with Gasteiger partial charge in [0.2, 0.25) is 11.8 Å².